The average molecular weight is 330 g/mol. The molecule has 1 unspecified atom stereocenters. The highest BCUT2D eigenvalue weighted by molar-refractivity contribution is 6.07. The molecule has 0 radical (unpaired) electrons. The van der Waals surface area contributed by atoms with Crippen LogP contribution in [0.2, 0.25) is 0 Å². The minimum absolute atomic E-state index is 0.161. The summed E-state index contributed by atoms with van der Waals surface area (Å²) in [4.78, 5) is 16.3. The number of urea groups is 1. The summed E-state index contributed by atoms with van der Waals surface area (Å²) >= 11 is 0. The van der Waals surface area contributed by atoms with Gasteiger partial charge in [-0.15, -0.1) is 0 Å². The lowest BCUT2D eigenvalue weighted by Gasteiger charge is -2.32. The first-order valence-corrected chi connectivity index (χ1v) is 8.20. The maximum absolute atomic E-state index is 13.2. The van der Waals surface area contributed by atoms with E-state index in [4.69, 9.17) is 0 Å². The van der Waals surface area contributed by atoms with Crippen molar-refractivity contribution < 1.29 is 9.90 Å². The number of carbonyl (C=O) groups is 1. The molecule has 1 aliphatic rings. The number of rotatable bonds is 3. The third kappa shape index (κ3) is 2.57. The van der Waals surface area contributed by atoms with E-state index in [0.717, 1.165) is 5.69 Å². The van der Waals surface area contributed by atoms with Gasteiger partial charge in [0.2, 0.25) is 0 Å². The number of anilines is 2. The summed E-state index contributed by atoms with van der Waals surface area (Å²) in [6, 6.07) is 27.8. The van der Waals surface area contributed by atoms with Gasteiger partial charge in [-0.2, -0.15) is 0 Å². The number of carbonyl (C=O) groups excluding carboxylic acids is 1. The van der Waals surface area contributed by atoms with Gasteiger partial charge in [-0.05, 0) is 24.3 Å². The number of nitrogens with zero attached hydrogens (tertiary/aromatic N) is 2. The van der Waals surface area contributed by atoms with Crippen LogP contribution in [0.4, 0.5) is 16.2 Å². The van der Waals surface area contributed by atoms with E-state index in [0.29, 0.717) is 11.3 Å². The van der Waals surface area contributed by atoms with Gasteiger partial charge in [0.05, 0.1) is 6.54 Å². The molecule has 4 heteroatoms. The van der Waals surface area contributed by atoms with E-state index in [-0.39, 0.29) is 12.6 Å². The van der Waals surface area contributed by atoms with Gasteiger partial charge in [0.1, 0.15) is 0 Å². The van der Waals surface area contributed by atoms with Crippen molar-refractivity contribution in [2.75, 3.05) is 16.3 Å². The van der Waals surface area contributed by atoms with E-state index >= 15 is 0 Å². The predicted octanol–water partition coefficient (Wildman–Crippen LogP) is 3.98. The van der Waals surface area contributed by atoms with E-state index in [1.807, 2.05) is 91.0 Å². The Morgan fingerprint density at radius 2 is 1.20 bits per heavy atom. The van der Waals surface area contributed by atoms with Gasteiger partial charge in [-0.1, -0.05) is 66.7 Å². The highest BCUT2D eigenvalue weighted by Gasteiger charge is 2.51. The molecule has 0 saturated carbocycles. The first-order chi connectivity index (χ1) is 12.2. The van der Waals surface area contributed by atoms with Crippen LogP contribution in [0.1, 0.15) is 5.56 Å². The molecule has 25 heavy (non-hydrogen) atoms. The van der Waals surface area contributed by atoms with E-state index in [1.54, 1.807) is 4.90 Å². The molecular weight excluding hydrogens is 312 g/mol. The zero-order valence-corrected chi connectivity index (χ0v) is 13.6. The molecule has 124 valence electrons. The van der Waals surface area contributed by atoms with Gasteiger partial charge in [0, 0.05) is 16.9 Å². The molecule has 1 fully saturated rings. The number of hydrogen-bond donors (Lipinski definition) is 1. The topological polar surface area (TPSA) is 43.8 Å². The first-order valence-electron chi connectivity index (χ1n) is 8.20. The van der Waals surface area contributed by atoms with Crippen LogP contribution >= 0.6 is 0 Å². The Kier molecular flexibility index (Phi) is 3.75. The fourth-order valence-electron chi connectivity index (χ4n) is 3.27. The summed E-state index contributed by atoms with van der Waals surface area (Å²) in [5.74, 6) is 0. The molecule has 1 saturated heterocycles. The van der Waals surface area contributed by atoms with Crippen molar-refractivity contribution in [3.8, 4) is 0 Å². The summed E-state index contributed by atoms with van der Waals surface area (Å²) < 4.78 is 0. The molecule has 1 aliphatic heterocycles. The fraction of sp³-hybridized carbons (Fsp3) is 0.0952. The minimum atomic E-state index is -1.43. The molecule has 0 bridgehead atoms. The third-order valence-corrected chi connectivity index (χ3v) is 4.49. The van der Waals surface area contributed by atoms with Gasteiger partial charge < -0.3 is 5.11 Å². The lowest BCUT2D eigenvalue weighted by molar-refractivity contribution is 0.0655. The molecule has 1 atom stereocenters. The number of β-amino-alcohol motifs (C(OH)–C–C–N with tert-alkyl or cyclic N) is 1. The van der Waals surface area contributed by atoms with Gasteiger partial charge in [0.25, 0.3) is 0 Å². The van der Waals surface area contributed by atoms with Gasteiger partial charge >= 0.3 is 6.03 Å². The maximum Gasteiger partial charge on any atom is 0.331 e. The van der Waals surface area contributed by atoms with Crippen LogP contribution in [0, 0.1) is 0 Å². The summed E-state index contributed by atoms with van der Waals surface area (Å²) in [6.45, 7) is 0.161. The lowest BCUT2D eigenvalue weighted by Crippen LogP contribution is -2.44. The largest absolute Gasteiger partial charge is 0.365 e. The van der Waals surface area contributed by atoms with Crippen molar-refractivity contribution in [2.24, 2.45) is 0 Å². The molecule has 4 nitrogen and oxygen atoms in total. The van der Waals surface area contributed by atoms with E-state index in [2.05, 4.69) is 0 Å². The minimum Gasteiger partial charge on any atom is -0.365 e. The highest BCUT2D eigenvalue weighted by atomic mass is 16.3. The predicted molar refractivity (Wildman–Crippen MR) is 98.4 cm³/mol. The second kappa shape index (κ2) is 6.07. The van der Waals surface area contributed by atoms with Crippen molar-refractivity contribution in [3.05, 3.63) is 96.6 Å². The van der Waals surface area contributed by atoms with E-state index < -0.39 is 5.72 Å². The zero-order valence-electron chi connectivity index (χ0n) is 13.6. The zero-order chi connectivity index (χ0) is 17.3. The van der Waals surface area contributed by atoms with Crippen LogP contribution in [0.3, 0.4) is 0 Å². The summed E-state index contributed by atoms with van der Waals surface area (Å²) in [5, 5.41) is 11.5. The molecule has 2 amide bonds. The second-order valence-corrected chi connectivity index (χ2v) is 6.06. The molecular formula is C21H18N2O2. The normalized spacial score (nSPS) is 20.1. The average Bonchev–Trinajstić information content (AvgIpc) is 2.96. The maximum atomic E-state index is 13.2. The van der Waals surface area contributed by atoms with Crippen molar-refractivity contribution in [1.29, 1.82) is 0 Å². The van der Waals surface area contributed by atoms with Crippen molar-refractivity contribution in [1.82, 2.24) is 0 Å². The Hall–Kier alpha value is -3.11. The van der Waals surface area contributed by atoms with E-state index in [1.165, 1.54) is 4.90 Å². The Balaban J connectivity index is 1.85. The van der Waals surface area contributed by atoms with E-state index in [9.17, 15) is 9.90 Å². The first kappa shape index (κ1) is 15.4. The quantitative estimate of drug-likeness (QED) is 0.789. The van der Waals surface area contributed by atoms with Crippen LogP contribution in [0.15, 0.2) is 91.0 Å². The Bertz CT molecular complexity index is 868. The smallest absolute Gasteiger partial charge is 0.331 e. The SMILES string of the molecule is O=C1N(c2ccccc2)CC(O)(c2ccccc2)N1c1ccccc1. The second-order valence-electron chi connectivity index (χ2n) is 6.06. The van der Waals surface area contributed by atoms with Crippen LogP contribution in [-0.4, -0.2) is 17.7 Å². The molecule has 0 aromatic heterocycles. The summed E-state index contributed by atoms with van der Waals surface area (Å²) in [7, 11) is 0. The van der Waals surface area contributed by atoms with Crippen LogP contribution in [0.25, 0.3) is 0 Å². The molecule has 3 aromatic rings. The number of para-hydroxylation sites is 2. The molecule has 0 spiro atoms. The van der Waals surface area contributed by atoms with Crippen molar-refractivity contribution in [3.63, 3.8) is 0 Å². The summed E-state index contributed by atoms with van der Waals surface area (Å²) in [5.41, 5.74) is 0.679. The lowest BCUT2D eigenvalue weighted by atomic mass is 10.0. The number of benzene rings is 3. The third-order valence-electron chi connectivity index (χ3n) is 4.49. The molecule has 3 aromatic carbocycles. The number of amides is 2. The van der Waals surface area contributed by atoms with Crippen molar-refractivity contribution >= 4 is 17.4 Å². The summed E-state index contributed by atoms with van der Waals surface area (Å²) in [6.07, 6.45) is 0. The standard InChI is InChI=1S/C21H18N2O2/c24-20-22(18-12-6-2-7-13-18)16-21(25,17-10-4-1-5-11-17)23(20)19-14-8-3-9-15-19/h1-15,25H,16H2. The molecule has 0 aliphatic carbocycles. The number of aliphatic hydroxyl groups is 1. The molecule has 1 N–H and O–H groups in total. The van der Waals surface area contributed by atoms with Crippen molar-refractivity contribution in [2.45, 2.75) is 5.72 Å². The Morgan fingerprint density at radius 3 is 1.76 bits per heavy atom. The molecule has 1 heterocycles. The fourth-order valence-corrected chi connectivity index (χ4v) is 3.27. The number of hydrogen-bond acceptors (Lipinski definition) is 2. The molecule has 4 rings (SSSR count). The van der Waals surface area contributed by atoms with Crippen LogP contribution in [-0.2, 0) is 5.72 Å². The van der Waals surface area contributed by atoms with Gasteiger partial charge in [0.15, 0.2) is 5.72 Å². The Labute approximate surface area is 146 Å². The highest BCUT2D eigenvalue weighted by Crippen LogP contribution is 2.39. The van der Waals surface area contributed by atoms with Gasteiger partial charge in [-0.3, -0.25) is 9.80 Å². The monoisotopic (exact) mass is 330 g/mol. The van der Waals surface area contributed by atoms with Gasteiger partial charge in [-0.25, -0.2) is 4.79 Å². The Morgan fingerprint density at radius 1 is 0.720 bits per heavy atom. The van der Waals surface area contributed by atoms with Crippen LogP contribution < -0.4 is 9.80 Å². The van der Waals surface area contributed by atoms with Crippen LogP contribution in [0.5, 0.6) is 0 Å².